The van der Waals surface area contributed by atoms with E-state index in [9.17, 15) is 0 Å². The van der Waals surface area contributed by atoms with Gasteiger partial charge in [-0.25, -0.2) is 0 Å². The Bertz CT molecular complexity index is 174. The van der Waals surface area contributed by atoms with Crippen LogP contribution in [0.5, 0.6) is 0 Å². The highest BCUT2D eigenvalue weighted by Crippen LogP contribution is 2.47. The van der Waals surface area contributed by atoms with Gasteiger partial charge in [0.1, 0.15) is 0 Å². The van der Waals surface area contributed by atoms with Crippen LogP contribution in [0.3, 0.4) is 0 Å². The van der Waals surface area contributed by atoms with Crippen molar-refractivity contribution in [3.63, 3.8) is 0 Å². The normalized spacial score (nSPS) is 32.8. The maximum absolute atomic E-state index is 3.83. The molecule has 0 radical (unpaired) electrons. The molecule has 1 saturated carbocycles. The molecule has 1 atom stereocenters. The van der Waals surface area contributed by atoms with Gasteiger partial charge in [-0.1, -0.05) is 26.7 Å². The number of hydrogen-bond donors (Lipinski definition) is 1. The summed E-state index contributed by atoms with van der Waals surface area (Å²) < 4.78 is 0. The van der Waals surface area contributed by atoms with E-state index in [0.717, 1.165) is 11.8 Å². The number of rotatable bonds is 5. The molecule has 1 nitrogen and oxygen atoms in total. The average Bonchev–Trinajstić information content (AvgIpc) is 2.97. The van der Waals surface area contributed by atoms with Crippen LogP contribution in [0, 0.1) is 11.8 Å². The van der Waals surface area contributed by atoms with Gasteiger partial charge in [0.2, 0.25) is 0 Å². The van der Waals surface area contributed by atoms with E-state index in [1.54, 1.807) is 0 Å². The number of hydrogen-bond acceptors (Lipinski definition) is 1. The molecule has 1 aliphatic carbocycles. The van der Waals surface area contributed by atoms with E-state index < -0.39 is 0 Å². The van der Waals surface area contributed by atoms with E-state index in [4.69, 9.17) is 0 Å². The predicted molar refractivity (Wildman–Crippen MR) is 61.4 cm³/mol. The topological polar surface area (TPSA) is 12.0 Å². The fraction of sp³-hybridized carbons (Fsp3) is 1.00. The first-order chi connectivity index (χ1) is 6.80. The summed E-state index contributed by atoms with van der Waals surface area (Å²) in [6, 6.07) is 0. The lowest BCUT2D eigenvalue weighted by Crippen LogP contribution is -2.43. The van der Waals surface area contributed by atoms with Gasteiger partial charge < -0.3 is 5.32 Å². The zero-order valence-electron chi connectivity index (χ0n) is 9.81. The average molecular weight is 195 g/mol. The Hall–Kier alpha value is -0.0400. The molecular formula is C13H25N. The minimum absolute atomic E-state index is 0.580. The Labute approximate surface area is 88.7 Å². The third-order valence-electron chi connectivity index (χ3n) is 4.44. The quantitative estimate of drug-likeness (QED) is 0.709. The molecule has 1 N–H and O–H groups in total. The minimum Gasteiger partial charge on any atom is -0.311 e. The second kappa shape index (κ2) is 4.22. The highest BCUT2D eigenvalue weighted by molar-refractivity contribution is 5.04. The van der Waals surface area contributed by atoms with E-state index in [2.05, 4.69) is 19.2 Å². The Morgan fingerprint density at radius 1 is 1.29 bits per heavy atom. The molecule has 2 rings (SSSR count). The van der Waals surface area contributed by atoms with Crippen LogP contribution in [-0.2, 0) is 0 Å². The summed E-state index contributed by atoms with van der Waals surface area (Å²) in [5.74, 6) is 1.99. The Balaban J connectivity index is 1.96. The van der Waals surface area contributed by atoms with Gasteiger partial charge in [0.15, 0.2) is 0 Å². The first-order valence-corrected chi connectivity index (χ1v) is 6.55. The molecule has 0 aromatic heterocycles. The van der Waals surface area contributed by atoms with Crippen LogP contribution in [0.2, 0.25) is 0 Å². The highest BCUT2D eigenvalue weighted by atomic mass is 15.0. The molecule has 0 bridgehead atoms. The van der Waals surface area contributed by atoms with Crippen molar-refractivity contribution in [3.8, 4) is 0 Å². The van der Waals surface area contributed by atoms with Gasteiger partial charge in [0, 0.05) is 5.54 Å². The maximum atomic E-state index is 3.83. The lowest BCUT2D eigenvalue weighted by molar-refractivity contribution is 0.241. The van der Waals surface area contributed by atoms with Crippen LogP contribution in [0.15, 0.2) is 0 Å². The van der Waals surface area contributed by atoms with Crippen molar-refractivity contribution in [2.75, 3.05) is 6.54 Å². The fourth-order valence-electron chi connectivity index (χ4n) is 3.25. The van der Waals surface area contributed by atoms with Crippen molar-refractivity contribution >= 4 is 0 Å². The molecule has 1 aliphatic heterocycles. The summed E-state index contributed by atoms with van der Waals surface area (Å²) in [5, 5.41) is 3.83. The summed E-state index contributed by atoms with van der Waals surface area (Å²) in [6.07, 6.45) is 10.0. The van der Waals surface area contributed by atoms with Gasteiger partial charge in [-0.3, -0.25) is 0 Å². The first-order valence-electron chi connectivity index (χ1n) is 6.55. The highest BCUT2D eigenvalue weighted by Gasteiger charge is 2.46. The molecule has 0 spiro atoms. The lowest BCUT2D eigenvalue weighted by atomic mass is 9.80. The summed E-state index contributed by atoms with van der Waals surface area (Å²) in [7, 11) is 0. The van der Waals surface area contributed by atoms with Crippen LogP contribution in [-0.4, -0.2) is 12.1 Å². The number of nitrogens with one attached hydrogen (secondary N) is 1. The minimum atomic E-state index is 0.580. The smallest absolute Gasteiger partial charge is 0.0212 e. The maximum Gasteiger partial charge on any atom is 0.0212 e. The summed E-state index contributed by atoms with van der Waals surface area (Å²) >= 11 is 0. The van der Waals surface area contributed by atoms with E-state index >= 15 is 0 Å². The first kappa shape index (κ1) is 10.5. The molecule has 2 fully saturated rings. The van der Waals surface area contributed by atoms with Gasteiger partial charge in [0.25, 0.3) is 0 Å². The van der Waals surface area contributed by atoms with Crippen molar-refractivity contribution in [1.29, 1.82) is 0 Å². The molecule has 0 amide bonds. The summed E-state index contributed by atoms with van der Waals surface area (Å²) in [6.45, 7) is 5.98. The largest absolute Gasteiger partial charge is 0.311 e. The third-order valence-corrected chi connectivity index (χ3v) is 4.44. The third kappa shape index (κ3) is 1.98. The van der Waals surface area contributed by atoms with Crippen molar-refractivity contribution in [2.24, 2.45) is 11.8 Å². The molecule has 2 aliphatic rings. The molecule has 1 heterocycles. The lowest BCUT2D eigenvalue weighted by Gasteiger charge is -2.33. The molecular weight excluding hydrogens is 170 g/mol. The molecule has 0 aromatic carbocycles. The molecule has 82 valence electrons. The Morgan fingerprint density at radius 2 is 2.00 bits per heavy atom. The zero-order chi connectivity index (χ0) is 10.0. The van der Waals surface area contributed by atoms with Crippen LogP contribution in [0.4, 0.5) is 0 Å². The monoisotopic (exact) mass is 195 g/mol. The van der Waals surface area contributed by atoms with Crippen molar-refractivity contribution < 1.29 is 0 Å². The van der Waals surface area contributed by atoms with Crippen molar-refractivity contribution in [2.45, 2.75) is 64.3 Å². The molecule has 0 aromatic rings. The standard InChI is InChI=1S/C13H25N/c1-3-11(4-2)10-13(12-6-7-12)8-5-9-14-13/h11-12,14H,3-10H2,1-2H3. The van der Waals surface area contributed by atoms with Crippen LogP contribution in [0.25, 0.3) is 0 Å². The predicted octanol–water partition coefficient (Wildman–Crippen LogP) is 3.34. The van der Waals surface area contributed by atoms with E-state index in [1.807, 2.05) is 0 Å². The second-order valence-electron chi connectivity index (χ2n) is 5.35. The van der Waals surface area contributed by atoms with Crippen molar-refractivity contribution in [3.05, 3.63) is 0 Å². The van der Waals surface area contributed by atoms with Gasteiger partial charge in [-0.2, -0.15) is 0 Å². The van der Waals surface area contributed by atoms with E-state index in [-0.39, 0.29) is 0 Å². The Kier molecular flexibility index (Phi) is 3.16. The van der Waals surface area contributed by atoms with Crippen LogP contribution in [0.1, 0.15) is 58.8 Å². The van der Waals surface area contributed by atoms with Gasteiger partial charge in [0.05, 0.1) is 0 Å². The zero-order valence-corrected chi connectivity index (χ0v) is 9.81. The van der Waals surface area contributed by atoms with E-state index in [1.165, 1.54) is 51.5 Å². The fourth-order valence-corrected chi connectivity index (χ4v) is 3.25. The van der Waals surface area contributed by atoms with Gasteiger partial charge in [-0.05, 0) is 50.5 Å². The summed E-state index contributed by atoms with van der Waals surface area (Å²) in [5.41, 5.74) is 0.580. The molecule has 1 saturated heterocycles. The molecule has 1 heteroatoms. The molecule has 14 heavy (non-hydrogen) atoms. The summed E-state index contributed by atoms with van der Waals surface area (Å²) in [4.78, 5) is 0. The van der Waals surface area contributed by atoms with Gasteiger partial charge >= 0.3 is 0 Å². The SMILES string of the molecule is CCC(CC)CC1(C2CC2)CCCN1. The van der Waals surface area contributed by atoms with Crippen molar-refractivity contribution in [1.82, 2.24) is 5.32 Å². The van der Waals surface area contributed by atoms with E-state index in [0.29, 0.717) is 5.54 Å². The van der Waals surface area contributed by atoms with Crippen LogP contribution >= 0.6 is 0 Å². The second-order valence-corrected chi connectivity index (χ2v) is 5.35. The van der Waals surface area contributed by atoms with Crippen LogP contribution < -0.4 is 5.32 Å². The molecule has 1 unspecified atom stereocenters. The Morgan fingerprint density at radius 3 is 2.43 bits per heavy atom. The van der Waals surface area contributed by atoms with Gasteiger partial charge in [-0.15, -0.1) is 0 Å².